The Bertz CT molecular complexity index is 1420. The van der Waals surface area contributed by atoms with E-state index in [9.17, 15) is 14.4 Å². The largest absolute Gasteiger partial charge is 0.384 e. The van der Waals surface area contributed by atoms with Crippen LogP contribution in [-0.4, -0.2) is 40.9 Å². The fraction of sp³-hybridized carbons (Fsp3) is 0.182. The Morgan fingerprint density at radius 3 is 2.45 bits per heavy atom. The fourth-order valence-electron chi connectivity index (χ4n) is 3.28. The van der Waals surface area contributed by atoms with Crippen molar-refractivity contribution in [2.75, 3.05) is 11.5 Å². The number of thioether (sulfide) groups is 1. The molecule has 0 atom stereocenters. The van der Waals surface area contributed by atoms with Crippen molar-refractivity contribution in [1.29, 1.82) is 0 Å². The molecule has 0 spiro atoms. The molecular weight excluding hydrogens is 442 g/mol. The predicted molar refractivity (Wildman–Crippen MR) is 125 cm³/mol. The van der Waals surface area contributed by atoms with Crippen LogP contribution < -0.4 is 17.0 Å². The van der Waals surface area contributed by atoms with Crippen molar-refractivity contribution in [2.45, 2.75) is 18.6 Å². The second-order valence-electron chi connectivity index (χ2n) is 7.40. The van der Waals surface area contributed by atoms with Gasteiger partial charge >= 0.3 is 5.69 Å². The summed E-state index contributed by atoms with van der Waals surface area (Å²) in [5.74, 6) is -0.802. The number of nitrogens with zero attached hydrogens (tertiary/aromatic N) is 6. The van der Waals surface area contributed by atoms with Gasteiger partial charge in [0.1, 0.15) is 11.4 Å². The summed E-state index contributed by atoms with van der Waals surface area (Å²) in [4.78, 5) is 38.4. The highest BCUT2D eigenvalue weighted by Crippen LogP contribution is 2.20. The molecule has 2 N–H and O–H groups in total. The Morgan fingerprint density at radius 2 is 1.76 bits per heavy atom. The molecule has 4 aromatic rings. The standard InChI is InChI=1S/C22H21N7O3S/c1-14-8-10-16(11-9-14)29-21(24-25-26-29)33-13-17(30)18-19(23)28(22(32)27(2)20(18)31)12-15-6-4-3-5-7-15/h3-11H,12-13,23H2,1-2H3. The van der Waals surface area contributed by atoms with Gasteiger partial charge in [-0.1, -0.05) is 59.8 Å². The monoisotopic (exact) mass is 463 g/mol. The van der Waals surface area contributed by atoms with Gasteiger partial charge in [-0.05, 0) is 35.0 Å². The molecule has 11 heteroatoms. The third kappa shape index (κ3) is 4.48. The maximum atomic E-state index is 13.0. The van der Waals surface area contributed by atoms with Crippen molar-refractivity contribution < 1.29 is 4.79 Å². The van der Waals surface area contributed by atoms with E-state index < -0.39 is 17.0 Å². The van der Waals surface area contributed by atoms with Crippen LogP contribution in [0.5, 0.6) is 0 Å². The summed E-state index contributed by atoms with van der Waals surface area (Å²) >= 11 is 1.08. The summed E-state index contributed by atoms with van der Waals surface area (Å²) in [5, 5.41) is 12.0. The number of carbonyl (C=O) groups is 1. The molecule has 2 heterocycles. The predicted octanol–water partition coefficient (Wildman–Crippen LogP) is 1.44. The Hall–Kier alpha value is -3.99. The zero-order chi connectivity index (χ0) is 23.5. The smallest absolute Gasteiger partial charge is 0.332 e. The number of nitrogens with two attached hydrogens (primary N) is 1. The summed E-state index contributed by atoms with van der Waals surface area (Å²) < 4.78 is 3.63. The number of carbonyl (C=O) groups excluding carboxylic acids is 1. The van der Waals surface area contributed by atoms with E-state index >= 15 is 0 Å². The molecule has 0 saturated carbocycles. The third-order valence-electron chi connectivity index (χ3n) is 5.10. The molecule has 10 nitrogen and oxygen atoms in total. The van der Waals surface area contributed by atoms with Gasteiger partial charge in [0.25, 0.3) is 5.56 Å². The van der Waals surface area contributed by atoms with E-state index in [0.29, 0.717) is 5.16 Å². The third-order valence-corrected chi connectivity index (χ3v) is 6.02. The maximum absolute atomic E-state index is 13.0. The first-order valence-corrected chi connectivity index (χ1v) is 11.0. The first kappa shape index (κ1) is 22.2. The maximum Gasteiger partial charge on any atom is 0.332 e. The molecule has 0 fully saturated rings. The van der Waals surface area contributed by atoms with E-state index in [-0.39, 0.29) is 23.7 Å². The number of tetrazole rings is 1. The number of rotatable bonds is 7. The molecule has 2 aromatic heterocycles. The van der Waals surface area contributed by atoms with E-state index in [4.69, 9.17) is 5.73 Å². The van der Waals surface area contributed by atoms with Crippen LogP contribution in [-0.2, 0) is 13.6 Å². The van der Waals surface area contributed by atoms with Crippen molar-refractivity contribution >= 4 is 23.4 Å². The second-order valence-corrected chi connectivity index (χ2v) is 8.34. The van der Waals surface area contributed by atoms with Crippen LogP contribution in [0.4, 0.5) is 5.82 Å². The van der Waals surface area contributed by atoms with Crippen LogP contribution in [0.1, 0.15) is 21.5 Å². The van der Waals surface area contributed by atoms with E-state index in [0.717, 1.165) is 33.1 Å². The molecule has 4 rings (SSSR count). The zero-order valence-corrected chi connectivity index (χ0v) is 18.8. The highest BCUT2D eigenvalue weighted by atomic mass is 32.2. The number of hydrogen-bond donors (Lipinski definition) is 1. The molecule has 168 valence electrons. The molecule has 0 radical (unpaired) electrons. The Kier molecular flexibility index (Phi) is 6.22. The van der Waals surface area contributed by atoms with Crippen LogP contribution in [0.25, 0.3) is 5.69 Å². The zero-order valence-electron chi connectivity index (χ0n) is 18.0. The van der Waals surface area contributed by atoms with Gasteiger partial charge in [0.15, 0.2) is 5.78 Å². The summed E-state index contributed by atoms with van der Waals surface area (Å²) in [5.41, 5.74) is 7.26. The quantitative estimate of drug-likeness (QED) is 0.322. The lowest BCUT2D eigenvalue weighted by Gasteiger charge is -2.14. The van der Waals surface area contributed by atoms with Gasteiger partial charge in [0.2, 0.25) is 5.16 Å². The number of aromatic nitrogens is 6. The lowest BCUT2D eigenvalue weighted by Crippen LogP contribution is -2.43. The topological polar surface area (TPSA) is 131 Å². The van der Waals surface area contributed by atoms with Crippen molar-refractivity contribution in [2.24, 2.45) is 7.05 Å². The summed E-state index contributed by atoms with van der Waals surface area (Å²) in [6.07, 6.45) is 0. The highest BCUT2D eigenvalue weighted by molar-refractivity contribution is 7.99. The first-order chi connectivity index (χ1) is 15.9. The summed E-state index contributed by atoms with van der Waals surface area (Å²) in [6, 6.07) is 16.8. The van der Waals surface area contributed by atoms with E-state index in [1.54, 1.807) is 0 Å². The molecule has 0 unspecified atom stereocenters. The van der Waals surface area contributed by atoms with Crippen molar-refractivity contribution in [1.82, 2.24) is 29.3 Å². The molecule has 0 aliphatic carbocycles. The SMILES string of the molecule is Cc1ccc(-n2nnnc2SCC(=O)c2c(N)n(Cc3ccccc3)c(=O)n(C)c2=O)cc1. The minimum Gasteiger partial charge on any atom is -0.384 e. The van der Waals surface area contributed by atoms with Gasteiger partial charge in [0.05, 0.1) is 18.0 Å². The van der Waals surface area contributed by atoms with Crippen LogP contribution in [0, 0.1) is 6.92 Å². The molecule has 0 aliphatic rings. The molecule has 0 bridgehead atoms. The van der Waals surface area contributed by atoms with E-state index in [1.165, 1.54) is 16.3 Å². The van der Waals surface area contributed by atoms with Crippen LogP contribution >= 0.6 is 11.8 Å². The summed E-state index contributed by atoms with van der Waals surface area (Å²) in [6.45, 7) is 2.11. The van der Waals surface area contributed by atoms with Gasteiger partial charge in [-0.3, -0.25) is 18.7 Å². The number of hydrogen-bond acceptors (Lipinski definition) is 8. The van der Waals surface area contributed by atoms with Crippen LogP contribution in [0.2, 0.25) is 0 Å². The fourth-order valence-corrected chi connectivity index (χ4v) is 4.05. The lowest BCUT2D eigenvalue weighted by molar-refractivity contribution is 0.102. The number of anilines is 1. The Morgan fingerprint density at radius 1 is 1.06 bits per heavy atom. The van der Waals surface area contributed by atoms with Gasteiger partial charge in [-0.15, -0.1) is 5.10 Å². The first-order valence-electron chi connectivity index (χ1n) is 10.0. The van der Waals surface area contributed by atoms with Gasteiger partial charge < -0.3 is 5.73 Å². The van der Waals surface area contributed by atoms with Crippen LogP contribution in [0.3, 0.4) is 0 Å². The van der Waals surface area contributed by atoms with Crippen LogP contribution in [0.15, 0.2) is 69.3 Å². The van der Waals surface area contributed by atoms with Crippen molar-refractivity contribution in [3.05, 3.63) is 92.1 Å². The molecule has 0 amide bonds. The molecular formula is C22H21N7O3S. The summed E-state index contributed by atoms with van der Waals surface area (Å²) in [7, 11) is 1.33. The number of Topliss-reactive ketones (excluding diaryl/α,β-unsaturated/α-hetero) is 1. The number of aryl methyl sites for hydroxylation is 1. The second kappa shape index (κ2) is 9.25. The Labute approximate surface area is 192 Å². The minimum atomic E-state index is -0.731. The van der Waals surface area contributed by atoms with E-state index in [1.807, 2.05) is 61.5 Å². The van der Waals surface area contributed by atoms with Crippen molar-refractivity contribution in [3.8, 4) is 5.69 Å². The molecule has 2 aromatic carbocycles. The van der Waals surface area contributed by atoms with Gasteiger partial charge in [0, 0.05) is 7.05 Å². The average Bonchev–Trinajstić information content (AvgIpc) is 3.29. The molecule has 33 heavy (non-hydrogen) atoms. The number of benzene rings is 2. The number of nitrogen functional groups attached to an aromatic ring is 1. The number of ketones is 1. The Balaban J connectivity index is 1.62. The lowest BCUT2D eigenvalue weighted by atomic mass is 10.2. The average molecular weight is 464 g/mol. The normalized spacial score (nSPS) is 11.0. The molecule has 0 saturated heterocycles. The van der Waals surface area contributed by atoms with Crippen molar-refractivity contribution in [3.63, 3.8) is 0 Å². The van der Waals surface area contributed by atoms with Gasteiger partial charge in [-0.2, -0.15) is 4.68 Å². The van der Waals surface area contributed by atoms with E-state index in [2.05, 4.69) is 15.5 Å². The molecule has 0 aliphatic heterocycles. The minimum absolute atomic E-state index is 0.130. The highest BCUT2D eigenvalue weighted by Gasteiger charge is 2.22. The van der Waals surface area contributed by atoms with Gasteiger partial charge in [-0.25, -0.2) is 4.79 Å².